The predicted molar refractivity (Wildman–Crippen MR) is 85.1 cm³/mol. The molecule has 4 heteroatoms. The summed E-state index contributed by atoms with van der Waals surface area (Å²) in [7, 11) is 0. The van der Waals surface area contributed by atoms with Gasteiger partial charge in [0.15, 0.2) is 0 Å². The zero-order valence-corrected chi connectivity index (χ0v) is 12.2. The highest BCUT2D eigenvalue weighted by Crippen LogP contribution is 2.25. The van der Waals surface area contributed by atoms with E-state index in [2.05, 4.69) is 5.10 Å². The van der Waals surface area contributed by atoms with Gasteiger partial charge >= 0.3 is 6.09 Å². The van der Waals surface area contributed by atoms with E-state index >= 15 is 0 Å². The molecule has 0 radical (unpaired) electrons. The molecule has 0 fully saturated rings. The van der Waals surface area contributed by atoms with Crippen LogP contribution in [0, 0.1) is 6.92 Å². The van der Waals surface area contributed by atoms with Crippen molar-refractivity contribution >= 4 is 6.09 Å². The largest absolute Gasteiger partial charge is 0.463 e. The Balaban J connectivity index is 2.06. The molecule has 3 aromatic rings. The molecule has 3 rings (SSSR count). The molecule has 0 spiro atoms. The topological polar surface area (TPSA) is 55.1 Å². The maximum atomic E-state index is 11.2. The van der Waals surface area contributed by atoms with E-state index in [1.165, 1.54) is 5.56 Å². The van der Waals surface area contributed by atoms with Crippen molar-refractivity contribution in [3.63, 3.8) is 0 Å². The van der Waals surface area contributed by atoms with Crippen molar-refractivity contribution in [2.24, 2.45) is 0 Å². The molecule has 0 amide bonds. The van der Waals surface area contributed by atoms with Gasteiger partial charge in [-0.25, -0.2) is 4.79 Å². The fourth-order valence-electron chi connectivity index (χ4n) is 2.49. The van der Waals surface area contributed by atoms with Crippen molar-refractivity contribution in [2.75, 3.05) is 0 Å². The predicted octanol–water partition coefficient (Wildman–Crippen LogP) is 3.98. The molecular weight excluding hydrogens is 276 g/mol. The molecule has 2 aromatic carbocycles. The quantitative estimate of drug-likeness (QED) is 0.794. The van der Waals surface area contributed by atoms with Crippen LogP contribution in [0.15, 0.2) is 60.8 Å². The fourth-order valence-corrected chi connectivity index (χ4v) is 2.49. The Labute approximate surface area is 128 Å². The van der Waals surface area contributed by atoms with Crippen molar-refractivity contribution in [3.8, 4) is 11.1 Å². The Hall–Kier alpha value is -2.88. The lowest BCUT2D eigenvalue weighted by molar-refractivity contribution is 0.192. The third-order valence-corrected chi connectivity index (χ3v) is 3.69. The van der Waals surface area contributed by atoms with Crippen LogP contribution < -0.4 is 0 Å². The summed E-state index contributed by atoms with van der Waals surface area (Å²) in [5, 5.41) is 13.4. The fraction of sp³-hybridized carbons (Fsp3) is 0.111. The highest BCUT2D eigenvalue weighted by Gasteiger charge is 2.15. The Morgan fingerprint density at radius 2 is 1.77 bits per heavy atom. The average molecular weight is 292 g/mol. The van der Waals surface area contributed by atoms with Crippen molar-refractivity contribution < 1.29 is 9.90 Å². The van der Waals surface area contributed by atoms with Gasteiger partial charge in [0, 0.05) is 18.2 Å². The molecule has 0 bridgehead atoms. The number of rotatable bonds is 3. The Kier molecular flexibility index (Phi) is 3.74. The van der Waals surface area contributed by atoms with Gasteiger partial charge in [0.05, 0.1) is 5.69 Å². The van der Waals surface area contributed by atoms with Crippen LogP contribution >= 0.6 is 0 Å². The van der Waals surface area contributed by atoms with Crippen molar-refractivity contribution in [1.82, 2.24) is 9.78 Å². The number of hydrogen-bond acceptors (Lipinski definition) is 2. The van der Waals surface area contributed by atoms with Gasteiger partial charge in [-0.05, 0) is 23.6 Å². The van der Waals surface area contributed by atoms with E-state index in [1.54, 1.807) is 6.20 Å². The van der Waals surface area contributed by atoms with Crippen molar-refractivity contribution in [2.45, 2.75) is 13.3 Å². The smallest absolute Gasteiger partial charge is 0.432 e. The van der Waals surface area contributed by atoms with Crippen molar-refractivity contribution in [1.29, 1.82) is 0 Å². The SMILES string of the molecule is Cc1ccccc1Cc1nn(C(=O)O)cc1-c1ccccc1. The van der Waals surface area contributed by atoms with Crippen LogP contribution in [0.1, 0.15) is 16.8 Å². The Morgan fingerprint density at radius 1 is 1.09 bits per heavy atom. The second-order valence-electron chi connectivity index (χ2n) is 5.19. The third-order valence-electron chi connectivity index (χ3n) is 3.69. The molecule has 4 nitrogen and oxygen atoms in total. The number of aryl methyl sites for hydroxylation is 1. The minimum Gasteiger partial charge on any atom is -0.463 e. The van der Waals surface area contributed by atoms with E-state index in [4.69, 9.17) is 0 Å². The first-order chi connectivity index (χ1) is 10.6. The van der Waals surface area contributed by atoms with Gasteiger partial charge in [-0.15, -0.1) is 0 Å². The molecular formula is C18H16N2O2. The first-order valence-electron chi connectivity index (χ1n) is 7.07. The number of carboxylic acid groups (broad SMARTS) is 1. The van der Waals surface area contributed by atoms with Crippen LogP contribution in [-0.2, 0) is 6.42 Å². The van der Waals surface area contributed by atoms with E-state index in [1.807, 2.05) is 61.5 Å². The molecule has 0 unspecified atom stereocenters. The summed E-state index contributed by atoms with van der Waals surface area (Å²) >= 11 is 0. The van der Waals surface area contributed by atoms with Crippen LogP contribution in [0.2, 0.25) is 0 Å². The number of aromatic nitrogens is 2. The molecule has 0 saturated heterocycles. The molecule has 1 N–H and O–H groups in total. The van der Waals surface area contributed by atoms with E-state index in [9.17, 15) is 9.90 Å². The molecule has 110 valence electrons. The Bertz CT molecular complexity index is 807. The standard InChI is InChI=1S/C18H16N2O2/c1-13-7-5-6-10-15(13)11-17-16(12-20(19-17)18(21)22)14-8-3-2-4-9-14/h2-10,12H,11H2,1H3,(H,21,22). The summed E-state index contributed by atoms with van der Waals surface area (Å²) in [4.78, 5) is 11.2. The zero-order valence-electron chi connectivity index (χ0n) is 12.2. The molecule has 1 aromatic heterocycles. The molecule has 22 heavy (non-hydrogen) atoms. The minimum absolute atomic E-state index is 0.608. The number of carbonyl (C=O) groups is 1. The number of benzene rings is 2. The zero-order chi connectivity index (χ0) is 15.5. The van der Waals surface area contributed by atoms with Gasteiger partial charge in [-0.1, -0.05) is 54.6 Å². The molecule has 0 aliphatic rings. The molecule has 1 heterocycles. The second kappa shape index (κ2) is 5.85. The summed E-state index contributed by atoms with van der Waals surface area (Å²) in [6, 6.07) is 17.8. The first kappa shape index (κ1) is 14.1. The van der Waals surface area contributed by atoms with Gasteiger partial charge in [-0.2, -0.15) is 9.78 Å². The highest BCUT2D eigenvalue weighted by molar-refractivity contribution is 5.72. The third kappa shape index (κ3) is 2.76. The van der Waals surface area contributed by atoms with E-state index in [0.29, 0.717) is 6.42 Å². The lowest BCUT2D eigenvalue weighted by Gasteiger charge is -2.05. The van der Waals surface area contributed by atoms with E-state index in [0.717, 1.165) is 27.1 Å². The van der Waals surface area contributed by atoms with Gasteiger partial charge in [0.25, 0.3) is 0 Å². The van der Waals surface area contributed by atoms with Crippen LogP contribution in [0.4, 0.5) is 4.79 Å². The summed E-state index contributed by atoms with van der Waals surface area (Å²) in [6.07, 6.45) is 1.11. The summed E-state index contributed by atoms with van der Waals surface area (Å²) < 4.78 is 0.982. The number of nitrogens with zero attached hydrogens (tertiary/aromatic N) is 2. The summed E-state index contributed by atoms with van der Waals surface area (Å²) in [5.74, 6) is 0. The number of hydrogen-bond donors (Lipinski definition) is 1. The van der Waals surface area contributed by atoms with Gasteiger partial charge in [0.2, 0.25) is 0 Å². The Morgan fingerprint density at radius 3 is 2.45 bits per heavy atom. The normalized spacial score (nSPS) is 10.6. The van der Waals surface area contributed by atoms with Gasteiger partial charge in [0.1, 0.15) is 0 Å². The van der Waals surface area contributed by atoms with Crippen LogP contribution in [0.25, 0.3) is 11.1 Å². The first-order valence-corrected chi connectivity index (χ1v) is 7.07. The van der Waals surface area contributed by atoms with E-state index < -0.39 is 6.09 Å². The van der Waals surface area contributed by atoms with Gasteiger partial charge < -0.3 is 5.11 Å². The monoisotopic (exact) mass is 292 g/mol. The molecule has 0 aliphatic carbocycles. The highest BCUT2D eigenvalue weighted by atomic mass is 16.4. The van der Waals surface area contributed by atoms with Crippen LogP contribution in [0.3, 0.4) is 0 Å². The lowest BCUT2D eigenvalue weighted by atomic mass is 9.99. The van der Waals surface area contributed by atoms with Crippen LogP contribution in [0.5, 0.6) is 0 Å². The summed E-state index contributed by atoms with van der Waals surface area (Å²) in [6.45, 7) is 2.05. The van der Waals surface area contributed by atoms with E-state index in [-0.39, 0.29) is 0 Å². The summed E-state index contributed by atoms with van der Waals surface area (Å²) in [5.41, 5.74) is 4.91. The van der Waals surface area contributed by atoms with Crippen LogP contribution in [-0.4, -0.2) is 21.0 Å². The molecule has 0 aliphatic heterocycles. The van der Waals surface area contributed by atoms with Crippen molar-refractivity contribution in [3.05, 3.63) is 77.6 Å². The second-order valence-corrected chi connectivity index (χ2v) is 5.19. The van der Waals surface area contributed by atoms with Gasteiger partial charge in [-0.3, -0.25) is 0 Å². The lowest BCUT2D eigenvalue weighted by Crippen LogP contribution is -2.08. The molecule has 0 saturated carbocycles. The minimum atomic E-state index is -1.08. The maximum absolute atomic E-state index is 11.2. The average Bonchev–Trinajstić information content (AvgIpc) is 2.95. The maximum Gasteiger partial charge on any atom is 0.432 e. The molecule has 0 atom stereocenters.